The molecule has 0 amide bonds. The molecule has 0 radical (unpaired) electrons. The number of hydrogen-bond acceptors (Lipinski definition) is 4. The van der Waals surface area contributed by atoms with Gasteiger partial charge in [0.25, 0.3) is 0 Å². The number of rotatable bonds is 3. The minimum atomic E-state index is -4.45. The minimum Gasteiger partial charge on any atom is -0.252 e. The first kappa shape index (κ1) is 18.9. The van der Waals surface area contributed by atoms with Gasteiger partial charge in [0, 0.05) is 16.1 Å². The molecule has 3 rings (SSSR count). The van der Waals surface area contributed by atoms with Crippen molar-refractivity contribution < 1.29 is 13.2 Å². The fourth-order valence-electron chi connectivity index (χ4n) is 2.02. The number of aryl methyl sites for hydroxylation is 1. The van der Waals surface area contributed by atoms with Crippen LogP contribution in [0.2, 0.25) is 10.0 Å². The molecular formula is C17H10Cl2F3N3S. The van der Waals surface area contributed by atoms with Crippen molar-refractivity contribution in [1.82, 2.24) is 15.0 Å². The van der Waals surface area contributed by atoms with Crippen LogP contribution in [0, 0.1) is 6.92 Å². The van der Waals surface area contributed by atoms with E-state index in [0.29, 0.717) is 20.8 Å². The molecule has 2 heterocycles. The number of halogens is 5. The lowest BCUT2D eigenvalue weighted by Gasteiger charge is -2.10. The second-order valence-corrected chi connectivity index (χ2v) is 7.11. The predicted molar refractivity (Wildman–Crippen MR) is 95.6 cm³/mol. The quantitative estimate of drug-likeness (QED) is 0.468. The highest BCUT2D eigenvalue weighted by atomic mass is 35.5. The SMILES string of the molecule is Cc1nc(-c2ccc(C(F)(F)F)cn2)nc(Sc2ccc(Cl)cc2)c1Cl. The Kier molecular flexibility index (Phi) is 5.41. The van der Waals surface area contributed by atoms with Crippen molar-refractivity contribution in [3.8, 4) is 11.5 Å². The molecule has 0 saturated heterocycles. The van der Waals surface area contributed by atoms with E-state index in [0.717, 1.165) is 17.2 Å². The van der Waals surface area contributed by atoms with E-state index in [1.165, 1.54) is 17.8 Å². The summed E-state index contributed by atoms with van der Waals surface area (Å²) < 4.78 is 38.0. The summed E-state index contributed by atoms with van der Waals surface area (Å²) in [7, 11) is 0. The Bertz CT molecular complexity index is 930. The van der Waals surface area contributed by atoms with E-state index < -0.39 is 11.7 Å². The highest BCUT2D eigenvalue weighted by molar-refractivity contribution is 7.99. The van der Waals surface area contributed by atoms with Crippen molar-refractivity contribution in [2.75, 3.05) is 0 Å². The maximum atomic E-state index is 12.7. The van der Waals surface area contributed by atoms with Gasteiger partial charge in [-0.2, -0.15) is 13.2 Å². The standard InChI is InChI=1S/C17H10Cl2F3N3S/c1-9-14(19)16(26-12-5-3-11(18)4-6-12)25-15(24-9)13-7-2-10(8-23-13)17(20,21)22/h2-8H,1H3. The van der Waals surface area contributed by atoms with E-state index in [4.69, 9.17) is 23.2 Å². The van der Waals surface area contributed by atoms with Crippen molar-refractivity contribution in [3.05, 3.63) is 63.9 Å². The maximum absolute atomic E-state index is 12.7. The van der Waals surface area contributed by atoms with Gasteiger partial charge in [-0.15, -0.1) is 0 Å². The van der Waals surface area contributed by atoms with E-state index in [2.05, 4.69) is 15.0 Å². The van der Waals surface area contributed by atoms with E-state index in [1.54, 1.807) is 19.1 Å². The molecule has 134 valence electrons. The Balaban J connectivity index is 1.96. The third-order valence-electron chi connectivity index (χ3n) is 3.33. The Morgan fingerprint density at radius 2 is 1.65 bits per heavy atom. The van der Waals surface area contributed by atoms with Crippen LogP contribution in [0.25, 0.3) is 11.5 Å². The molecule has 0 atom stereocenters. The van der Waals surface area contributed by atoms with Crippen LogP contribution in [-0.2, 0) is 6.18 Å². The molecular weight excluding hydrogens is 406 g/mol. The molecule has 0 spiro atoms. The first-order valence-electron chi connectivity index (χ1n) is 7.25. The van der Waals surface area contributed by atoms with Gasteiger partial charge in [-0.25, -0.2) is 9.97 Å². The summed E-state index contributed by atoms with van der Waals surface area (Å²) >= 11 is 13.5. The normalized spacial score (nSPS) is 11.6. The zero-order chi connectivity index (χ0) is 18.9. The number of benzene rings is 1. The minimum absolute atomic E-state index is 0.206. The predicted octanol–water partition coefficient (Wildman–Crippen LogP) is 6.32. The zero-order valence-electron chi connectivity index (χ0n) is 13.2. The second kappa shape index (κ2) is 7.42. The van der Waals surface area contributed by atoms with Crippen LogP contribution >= 0.6 is 35.0 Å². The van der Waals surface area contributed by atoms with Gasteiger partial charge in [0.1, 0.15) is 10.7 Å². The van der Waals surface area contributed by atoms with E-state index >= 15 is 0 Å². The van der Waals surface area contributed by atoms with Gasteiger partial charge in [-0.3, -0.25) is 4.98 Å². The van der Waals surface area contributed by atoms with Gasteiger partial charge in [0.05, 0.1) is 16.3 Å². The topological polar surface area (TPSA) is 38.7 Å². The summed E-state index contributed by atoms with van der Waals surface area (Å²) in [5, 5.41) is 1.47. The van der Waals surface area contributed by atoms with Crippen molar-refractivity contribution in [2.45, 2.75) is 23.0 Å². The van der Waals surface area contributed by atoms with E-state index in [1.807, 2.05) is 12.1 Å². The highest BCUT2D eigenvalue weighted by Gasteiger charge is 2.30. The van der Waals surface area contributed by atoms with E-state index in [9.17, 15) is 13.2 Å². The molecule has 0 saturated carbocycles. The lowest BCUT2D eigenvalue weighted by atomic mass is 10.2. The van der Waals surface area contributed by atoms with Gasteiger partial charge in [0.2, 0.25) is 0 Å². The molecule has 26 heavy (non-hydrogen) atoms. The molecule has 0 aliphatic heterocycles. The van der Waals surface area contributed by atoms with Crippen LogP contribution in [0.5, 0.6) is 0 Å². The molecule has 3 nitrogen and oxygen atoms in total. The van der Waals surface area contributed by atoms with Gasteiger partial charge >= 0.3 is 6.18 Å². The largest absolute Gasteiger partial charge is 0.417 e. The Hall–Kier alpha value is -1.83. The summed E-state index contributed by atoms with van der Waals surface area (Å²) in [6.07, 6.45) is -3.69. The fraction of sp³-hybridized carbons (Fsp3) is 0.118. The van der Waals surface area contributed by atoms with Gasteiger partial charge in [0.15, 0.2) is 5.82 Å². The summed E-state index contributed by atoms with van der Waals surface area (Å²) in [4.78, 5) is 13.3. The third-order valence-corrected chi connectivity index (χ3v) is 5.15. The van der Waals surface area contributed by atoms with Crippen LogP contribution in [0.4, 0.5) is 13.2 Å². The average Bonchev–Trinajstić information content (AvgIpc) is 2.60. The van der Waals surface area contributed by atoms with Gasteiger partial charge < -0.3 is 0 Å². The van der Waals surface area contributed by atoms with Crippen LogP contribution in [-0.4, -0.2) is 15.0 Å². The van der Waals surface area contributed by atoms with Crippen LogP contribution in [0.1, 0.15) is 11.3 Å². The number of pyridine rings is 1. The molecule has 0 unspecified atom stereocenters. The number of aromatic nitrogens is 3. The van der Waals surface area contributed by atoms with E-state index in [-0.39, 0.29) is 11.5 Å². The lowest BCUT2D eigenvalue weighted by Crippen LogP contribution is -2.06. The summed E-state index contributed by atoms with van der Waals surface area (Å²) in [5.41, 5.74) is -0.0896. The van der Waals surface area contributed by atoms with Crippen molar-refractivity contribution >= 4 is 35.0 Å². The maximum Gasteiger partial charge on any atom is 0.417 e. The van der Waals surface area contributed by atoms with Crippen LogP contribution in [0.15, 0.2) is 52.5 Å². The molecule has 3 aromatic rings. The van der Waals surface area contributed by atoms with Crippen LogP contribution < -0.4 is 0 Å². The Morgan fingerprint density at radius 1 is 0.962 bits per heavy atom. The van der Waals surface area contributed by atoms with Crippen molar-refractivity contribution in [3.63, 3.8) is 0 Å². The molecule has 0 bridgehead atoms. The first-order valence-corrected chi connectivity index (χ1v) is 8.82. The number of nitrogens with zero attached hydrogens (tertiary/aromatic N) is 3. The molecule has 1 aromatic carbocycles. The fourth-order valence-corrected chi connectivity index (χ4v) is 3.21. The monoisotopic (exact) mass is 415 g/mol. The summed E-state index contributed by atoms with van der Waals surface area (Å²) in [5.74, 6) is 0.206. The first-order chi connectivity index (χ1) is 12.2. The molecule has 9 heteroatoms. The molecule has 0 N–H and O–H groups in total. The lowest BCUT2D eigenvalue weighted by molar-refractivity contribution is -0.137. The van der Waals surface area contributed by atoms with Gasteiger partial charge in [-0.1, -0.05) is 35.0 Å². The van der Waals surface area contributed by atoms with Crippen LogP contribution in [0.3, 0.4) is 0 Å². The molecule has 0 aliphatic carbocycles. The number of alkyl halides is 3. The van der Waals surface area contributed by atoms with Gasteiger partial charge in [-0.05, 0) is 43.3 Å². The Morgan fingerprint density at radius 3 is 2.23 bits per heavy atom. The third kappa shape index (κ3) is 4.28. The van der Waals surface area contributed by atoms with Crippen molar-refractivity contribution in [1.29, 1.82) is 0 Å². The highest BCUT2D eigenvalue weighted by Crippen LogP contribution is 2.35. The summed E-state index contributed by atoms with van der Waals surface area (Å²) in [6.45, 7) is 1.70. The Labute approximate surface area is 161 Å². The second-order valence-electron chi connectivity index (χ2n) is 5.24. The molecule has 0 fully saturated rings. The molecule has 0 aliphatic rings. The average molecular weight is 416 g/mol. The van der Waals surface area contributed by atoms with Crippen molar-refractivity contribution in [2.24, 2.45) is 0 Å². The zero-order valence-corrected chi connectivity index (χ0v) is 15.5. The number of hydrogen-bond donors (Lipinski definition) is 0. The molecule has 2 aromatic heterocycles. The summed E-state index contributed by atoms with van der Waals surface area (Å²) in [6, 6.07) is 9.30. The smallest absolute Gasteiger partial charge is 0.252 e.